The highest BCUT2D eigenvalue weighted by Crippen LogP contribution is 2.22. The molecule has 3 aromatic rings. The smallest absolute Gasteiger partial charge is 0.406 e. The van der Waals surface area contributed by atoms with Gasteiger partial charge in [-0.1, -0.05) is 12.1 Å². The SMILES string of the molecule is O=C(NCc1ccc(OC(F)(F)F)cc1)c1cnc(-n2cccn2)[nH]c1=O. The van der Waals surface area contributed by atoms with Crippen LogP contribution in [0.4, 0.5) is 13.2 Å². The number of alkyl halides is 3. The van der Waals surface area contributed by atoms with E-state index in [0.29, 0.717) is 5.56 Å². The third kappa shape index (κ3) is 4.71. The van der Waals surface area contributed by atoms with Crippen LogP contribution in [-0.4, -0.2) is 32.0 Å². The zero-order valence-corrected chi connectivity index (χ0v) is 13.5. The average Bonchev–Trinajstić information content (AvgIpc) is 3.14. The van der Waals surface area contributed by atoms with Crippen LogP contribution in [0.3, 0.4) is 0 Å². The lowest BCUT2D eigenvalue weighted by molar-refractivity contribution is -0.274. The maximum atomic E-state index is 12.1. The standard InChI is InChI=1S/C16H12F3N5O3/c17-16(18,19)27-11-4-2-10(3-5-11)8-20-13(25)12-9-21-15(23-14(12)26)24-7-1-6-22-24/h1-7,9H,8H2,(H,20,25)(H,21,23,26). The van der Waals surface area contributed by atoms with Crippen molar-refractivity contribution in [2.24, 2.45) is 0 Å². The fourth-order valence-corrected chi connectivity index (χ4v) is 2.14. The second-order valence-electron chi connectivity index (χ2n) is 5.27. The summed E-state index contributed by atoms with van der Waals surface area (Å²) in [6, 6.07) is 6.63. The Morgan fingerprint density at radius 3 is 2.59 bits per heavy atom. The highest BCUT2D eigenvalue weighted by Gasteiger charge is 2.30. The van der Waals surface area contributed by atoms with Gasteiger partial charge in [0.25, 0.3) is 11.5 Å². The van der Waals surface area contributed by atoms with Gasteiger partial charge in [0, 0.05) is 25.1 Å². The average molecular weight is 379 g/mol. The van der Waals surface area contributed by atoms with Crippen molar-refractivity contribution in [3.05, 3.63) is 70.4 Å². The summed E-state index contributed by atoms with van der Waals surface area (Å²) in [6.07, 6.45) is -0.576. The van der Waals surface area contributed by atoms with Gasteiger partial charge in [-0.05, 0) is 23.8 Å². The van der Waals surface area contributed by atoms with Gasteiger partial charge in [0.15, 0.2) is 0 Å². The molecule has 0 aliphatic carbocycles. The number of aromatic amines is 1. The highest BCUT2D eigenvalue weighted by molar-refractivity contribution is 5.93. The summed E-state index contributed by atoms with van der Waals surface area (Å²) in [4.78, 5) is 30.6. The van der Waals surface area contributed by atoms with Gasteiger partial charge in [0.2, 0.25) is 5.95 Å². The molecule has 0 saturated heterocycles. The molecule has 0 spiro atoms. The number of aromatic nitrogens is 4. The van der Waals surface area contributed by atoms with Crippen molar-refractivity contribution in [2.75, 3.05) is 0 Å². The Labute approximate surface area is 149 Å². The molecule has 3 rings (SSSR count). The number of benzene rings is 1. The number of H-pyrrole nitrogens is 1. The lowest BCUT2D eigenvalue weighted by atomic mass is 10.2. The molecule has 8 nitrogen and oxygen atoms in total. The number of hydrogen-bond donors (Lipinski definition) is 2. The molecule has 1 aromatic carbocycles. The number of amides is 1. The first-order chi connectivity index (χ1) is 12.8. The molecule has 0 aliphatic heterocycles. The van der Waals surface area contributed by atoms with Crippen LogP contribution in [0.25, 0.3) is 5.95 Å². The summed E-state index contributed by atoms with van der Waals surface area (Å²) in [6.45, 7) is 0.00544. The van der Waals surface area contributed by atoms with Gasteiger partial charge in [-0.25, -0.2) is 9.67 Å². The summed E-state index contributed by atoms with van der Waals surface area (Å²) >= 11 is 0. The number of carbonyl (C=O) groups is 1. The van der Waals surface area contributed by atoms with E-state index in [1.807, 2.05) is 0 Å². The van der Waals surface area contributed by atoms with Gasteiger partial charge in [-0.2, -0.15) is 5.10 Å². The molecule has 0 bridgehead atoms. The molecule has 27 heavy (non-hydrogen) atoms. The van der Waals surface area contributed by atoms with Gasteiger partial charge >= 0.3 is 6.36 Å². The van der Waals surface area contributed by atoms with E-state index in [0.717, 1.165) is 18.3 Å². The van der Waals surface area contributed by atoms with Crippen LogP contribution in [-0.2, 0) is 6.54 Å². The van der Waals surface area contributed by atoms with E-state index in [1.54, 1.807) is 12.3 Å². The second kappa shape index (κ2) is 7.32. The van der Waals surface area contributed by atoms with E-state index < -0.39 is 17.8 Å². The molecule has 1 amide bonds. The first-order valence-electron chi connectivity index (χ1n) is 7.54. The van der Waals surface area contributed by atoms with Gasteiger partial charge in [-0.3, -0.25) is 14.6 Å². The van der Waals surface area contributed by atoms with Gasteiger partial charge in [0.1, 0.15) is 11.3 Å². The highest BCUT2D eigenvalue weighted by atomic mass is 19.4. The minimum absolute atomic E-state index is 0.00544. The third-order valence-corrected chi connectivity index (χ3v) is 3.36. The topological polar surface area (TPSA) is 102 Å². The van der Waals surface area contributed by atoms with E-state index in [1.165, 1.54) is 23.0 Å². The Hall–Kier alpha value is -3.63. The van der Waals surface area contributed by atoms with Crippen LogP contribution in [0, 0.1) is 0 Å². The lowest BCUT2D eigenvalue weighted by Gasteiger charge is -2.09. The molecule has 0 aliphatic rings. The van der Waals surface area contributed by atoms with Crippen molar-refractivity contribution in [3.8, 4) is 11.7 Å². The normalized spacial score (nSPS) is 11.2. The second-order valence-corrected chi connectivity index (χ2v) is 5.27. The summed E-state index contributed by atoms with van der Waals surface area (Å²) in [5, 5.41) is 6.40. The van der Waals surface area contributed by atoms with Crippen molar-refractivity contribution in [2.45, 2.75) is 12.9 Å². The first kappa shape index (κ1) is 18.2. The number of nitrogens with zero attached hydrogens (tertiary/aromatic N) is 3. The Bertz CT molecular complexity index is 982. The minimum atomic E-state index is -4.77. The molecular weight excluding hydrogens is 367 g/mol. The maximum absolute atomic E-state index is 12.1. The van der Waals surface area contributed by atoms with E-state index in [9.17, 15) is 22.8 Å². The Morgan fingerprint density at radius 1 is 1.26 bits per heavy atom. The number of hydrogen-bond acceptors (Lipinski definition) is 5. The maximum Gasteiger partial charge on any atom is 0.573 e. The Balaban J connectivity index is 1.63. The van der Waals surface area contributed by atoms with Crippen molar-refractivity contribution < 1.29 is 22.7 Å². The fourth-order valence-electron chi connectivity index (χ4n) is 2.14. The Kier molecular flexibility index (Phi) is 4.92. The number of halogens is 3. The number of nitrogens with one attached hydrogen (secondary N) is 2. The summed E-state index contributed by atoms with van der Waals surface area (Å²) in [5.41, 5.74) is -0.333. The molecule has 0 unspecified atom stereocenters. The molecule has 0 saturated carbocycles. The molecule has 2 aromatic heterocycles. The first-order valence-corrected chi connectivity index (χ1v) is 7.54. The van der Waals surface area contributed by atoms with Crippen molar-refractivity contribution in [3.63, 3.8) is 0 Å². The minimum Gasteiger partial charge on any atom is -0.406 e. The zero-order valence-electron chi connectivity index (χ0n) is 13.5. The van der Waals surface area contributed by atoms with E-state index >= 15 is 0 Å². The van der Waals surface area contributed by atoms with Crippen molar-refractivity contribution >= 4 is 5.91 Å². The predicted molar refractivity (Wildman–Crippen MR) is 86.3 cm³/mol. The van der Waals surface area contributed by atoms with Crippen LogP contribution in [0.15, 0.2) is 53.7 Å². The van der Waals surface area contributed by atoms with Crippen molar-refractivity contribution in [1.82, 2.24) is 25.1 Å². The largest absolute Gasteiger partial charge is 0.573 e. The molecular formula is C16H12F3N5O3. The molecule has 0 fully saturated rings. The van der Waals surface area contributed by atoms with Gasteiger partial charge < -0.3 is 10.1 Å². The van der Waals surface area contributed by atoms with Gasteiger partial charge in [0.05, 0.1) is 0 Å². The quantitative estimate of drug-likeness (QED) is 0.704. The molecule has 11 heteroatoms. The third-order valence-electron chi connectivity index (χ3n) is 3.36. The lowest BCUT2D eigenvalue weighted by Crippen LogP contribution is -2.30. The molecule has 140 valence electrons. The van der Waals surface area contributed by atoms with Gasteiger partial charge in [-0.15, -0.1) is 13.2 Å². The summed E-state index contributed by atoms with van der Waals surface area (Å²) in [7, 11) is 0. The summed E-state index contributed by atoms with van der Waals surface area (Å²) in [5.74, 6) is -0.888. The van der Waals surface area contributed by atoms with Crippen LogP contribution in [0.5, 0.6) is 5.75 Å². The van der Waals surface area contributed by atoms with E-state index in [-0.39, 0.29) is 23.8 Å². The number of rotatable bonds is 5. The van der Waals surface area contributed by atoms with Crippen LogP contribution in [0.2, 0.25) is 0 Å². The Morgan fingerprint density at radius 2 is 2.00 bits per heavy atom. The fraction of sp³-hybridized carbons (Fsp3) is 0.125. The van der Waals surface area contributed by atoms with Crippen LogP contribution in [0.1, 0.15) is 15.9 Å². The number of ether oxygens (including phenoxy) is 1. The molecule has 0 radical (unpaired) electrons. The predicted octanol–water partition coefficient (Wildman–Crippen LogP) is 1.78. The zero-order chi connectivity index (χ0) is 19.4. The van der Waals surface area contributed by atoms with E-state index in [4.69, 9.17) is 0 Å². The summed E-state index contributed by atoms with van der Waals surface area (Å²) < 4.78 is 41.4. The molecule has 2 heterocycles. The molecule has 0 atom stereocenters. The number of carbonyl (C=O) groups excluding carboxylic acids is 1. The van der Waals surface area contributed by atoms with Crippen LogP contribution >= 0.6 is 0 Å². The van der Waals surface area contributed by atoms with Crippen LogP contribution < -0.4 is 15.6 Å². The van der Waals surface area contributed by atoms with Crippen molar-refractivity contribution in [1.29, 1.82) is 0 Å². The van der Waals surface area contributed by atoms with E-state index in [2.05, 4.69) is 25.1 Å². The monoisotopic (exact) mass is 379 g/mol. The molecule has 2 N–H and O–H groups in total.